The summed E-state index contributed by atoms with van der Waals surface area (Å²) in [5, 5.41) is 19.2. The number of rotatable bonds is 6. The Hall–Kier alpha value is -1.69. The molecule has 6 heteroatoms. The van der Waals surface area contributed by atoms with Gasteiger partial charge >= 0.3 is 5.97 Å². The van der Waals surface area contributed by atoms with E-state index in [2.05, 4.69) is 20.4 Å². The maximum absolute atomic E-state index is 10.6. The molecule has 0 saturated carbocycles. The first kappa shape index (κ1) is 12.8. The van der Waals surface area contributed by atoms with Gasteiger partial charge in [0.1, 0.15) is 5.82 Å². The number of carbonyl (C=O) groups is 1. The SMILES string of the molecule is O=C(O)c1ccc(NCCCN2CCCC2)nn1. The van der Waals surface area contributed by atoms with E-state index in [1.165, 1.54) is 32.0 Å². The van der Waals surface area contributed by atoms with Gasteiger partial charge in [0.25, 0.3) is 0 Å². The lowest BCUT2D eigenvalue weighted by Crippen LogP contribution is -2.22. The van der Waals surface area contributed by atoms with Gasteiger partial charge in [-0.1, -0.05) is 0 Å². The van der Waals surface area contributed by atoms with Crippen molar-refractivity contribution in [2.24, 2.45) is 0 Å². The van der Waals surface area contributed by atoms with Crippen molar-refractivity contribution in [3.8, 4) is 0 Å². The first-order valence-electron chi connectivity index (χ1n) is 6.29. The average Bonchev–Trinajstić information content (AvgIpc) is 2.88. The van der Waals surface area contributed by atoms with Crippen molar-refractivity contribution in [3.63, 3.8) is 0 Å². The number of likely N-dealkylation sites (tertiary alicyclic amines) is 1. The fraction of sp³-hybridized carbons (Fsp3) is 0.583. The topological polar surface area (TPSA) is 78.4 Å². The van der Waals surface area contributed by atoms with Crippen LogP contribution in [0.1, 0.15) is 29.8 Å². The molecule has 2 N–H and O–H groups in total. The molecule has 1 aromatic rings. The van der Waals surface area contributed by atoms with Gasteiger partial charge in [0.15, 0.2) is 5.69 Å². The van der Waals surface area contributed by atoms with Gasteiger partial charge < -0.3 is 15.3 Å². The minimum absolute atomic E-state index is 0.0300. The molecule has 0 bridgehead atoms. The van der Waals surface area contributed by atoms with E-state index >= 15 is 0 Å². The third-order valence-electron chi connectivity index (χ3n) is 3.04. The third kappa shape index (κ3) is 3.66. The molecule has 1 aliphatic rings. The summed E-state index contributed by atoms with van der Waals surface area (Å²) >= 11 is 0. The normalized spacial score (nSPS) is 15.8. The molecule has 0 atom stereocenters. The maximum Gasteiger partial charge on any atom is 0.356 e. The predicted molar refractivity (Wildman–Crippen MR) is 67.8 cm³/mol. The number of carboxylic acids is 1. The molecular weight excluding hydrogens is 232 g/mol. The number of nitrogens with zero attached hydrogens (tertiary/aromatic N) is 3. The minimum Gasteiger partial charge on any atom is -0.476 e. The molecule has 0 spiro atoms. The number of aromatic nitrogens is 2. The highest BCUT2D eigenvalue weighted by molar-refractivity contribution is 5.85. The summed E-state index contributed by atoms with van der Waals surface area (Å²) in [6, 6.07) is 3.10. The summed E-state index contributed by atoms with van der Waals surface area (Å²) in [7, 11) is 0. The van der Waals surface area contributed by atoms with Gasteiger partial charge in [-0.05, 0) is 51.0 Å². The van der Waals surface area contributed by atoms with Crippen molar-refractivity contribution in [3.05, 3.63) is 17.8 Å². The monoisotopic (exact) mass is 250 g/mol. The van der Waals surface area contributed by atoms with E-state index in [-0.39, 0.29) is 5.69 Å². The lowest BCUT2D eigenvalue weighted by Gasteiger charge is -2.14. The molecule has 1 aromatic heterocycles. The quantitative estimate of drug-likeness (QED) is 0.735. The van der Waals surface area contributed by atoms with Crippen LogP contribution in [0.4, 0.5) is 5.82 Å². The molecule has 0 radical (unpaired) electrons. The fourth-order valence-electron chi connectivity index (χ4n) is 2.07. The molecule has 98 valence electrons. The summed E-state index contributed by atoms with van der Waals surface area (Å²) < 4.78 is 0. The van der Waals surface area contributed by atoms with Crippen molar-refractivity contribution >= 4 is 11.8 Å². The van der Waals surface area contributed by atoms with Crippen LogP contribution in [-0.4, -0.2) is 52.4 Å². The highest BCUT2D eigenvalue weighted by Crippen LogP contribution is 2.07. The van der Waals surface area contributed by atoms with E-state index < -0.39 is 5.97 Å². The number of nitrogens with one attached hydrogen (secondary N) is 1. The summed E-state index contributed by atoms with van der Waals surface area (Å²) in [6.07, 6.45) is 3.69. The first-order valence-corrected chi connectivity index (χ1v) is 6.29. The van der Waals surface area contributed by atoms with Gasteiger partial charge in [0.05, 0.1) is 0 Å². The van der Waals surface area contributed by atoms with Gasteiger partial charge in [-0.25, -0.2) is 4.79 Å². The third-order valence-corrected chi connectivity index (χ3v) is 3.04. The standard InChI is InChI=1S/C12H18N4O2/c17-12(18)10-4-5-11(15-14-10)13-6-3-9-16-7-1-2-8-16/h4-5H,1-3,6-9H2,(H,13,15)(H,17,18). The highest BCUT2D eigenvalue weighted by Gasteiger charge is 2.10. The van der Waals surface area contributed by atoms with Crippen LogP contribution in [-0.2, 0) is 0 Å². The molecule has 1 saturated heterocycles. The second-order valence-electron chi connectivity index (χ2n) is 4.44. The van der Waals surface area contributed by atoms with Crippen molar-refractivity contribution in [2.45, 2.75) is 19.3 Å². The summed E-state index contributed by atoms with van der Waals surface area (Å²) in [5.41, 5.74) is -0.0300. The number of hydrogen-bond donors (Lipinski definition) is 2. The van der Waals surface area contributed by atoms with Gasteiger partial charge in [0.2, 0.25) is 0 Å². The number of aromatic carboxylic acids is 1. The molecule has 18 heavy (non-hydrogen) atoms. The van der Waals surface area contributed by atoms with Crippen molar-refractivity contribution in [1.82, 2.24) is 15.1 Å². The second-order valence-corrected chi connectivity index (χ2v) is 4.44. The Kier molecular flexibility index (Phi) is 4.46. The largest absolute Gasteiger partial charge is 0.476 e. The van der Waals surface area contributed by atoms with Crippen LogP contribution in [0.25, 0.3) is 0 Å². The molecule has 0 aliphatic carbocycles. The van der Waals surface area contributed by atoms with E-state index in [4.69, 9.17) is 5.11 Å². The molecular formula is C12H18N4O2. The Bertz CT molecular complexity index is 388. The van der Waals surface area contributed by atoms with Gasteiger partial charge in [0, 0.05) is 6.54 Å². The van der Waals surface area contributed by atoms with Crippen molar-refractivity contribution in [1.29, 1.82) is 0 Å². The van der Waals surface area contributed by atoms with E-state index in [9.17, 15) is 4.79 Å². The lowest BCUT2D eigenvalue weighted by atomic mass is 10.3. The lowest BCUT2D eigenvalue weighted by molar-refractivity contribution is 0.0689. The average molecular weight is 250 g/mol. The molecule has 1 fully saturated rings. The Labute approximate surface area is 106 Å². The van der Waals surface area contributed by atoms with Crippen molar-refractivity contribution in [2.75, 3.05) is 31.5 Å². The zero-order valence-corrected chi connectivity index (χ0v) is 10.3. The minimum atomic E-state index is -1.05. The van der Waals surface area contributed by atoms with Crippen LogP contribution >= 0.6 is 0 Å². The van der Waals surface area contributed by atoms with Gasteiger partial charge in [-0.2, -0.15) is 0 Å². The molecule has 0 amide bonds. The van der Waals surface area contributed by atoms with Crippen molar-refractivity contribution < 1.29 is 9.90 Å². The maximum atomic E-state index is 10.6. The smallest absolute Gasteiger partial charge is 0.356 e. The Morgan fingerprint density at radius 2 is 2.11 bits per heavy atom. The van der Waals surface area contributed by atoms with E-state index in [0.717, 1.165) is 19.5 Å². The molecule has 2 rings (SSSR count). The van der Waals surface area contributed by atoms with Crippen LogP contribution in [0, 0.1) is 0 Å². The van der Waals surface area contributed by atoms with Gasteiger partial charge in [-0.15, -0.1) is 10.2 Å². The van der Waals surface area contributed by atoms with Crippen LogP contribution in [0.5, 0.6) is 0 Å². The summed E-state index contributed by atoms with van der Waals surface area (Å²) in [5.74, 6) is -0.426. The van der Waals surface area contributed by atoms with Crippen LogP contribution in [0.15, 0.2) is 12.1 Å². The van der Waals surface area contributed by atoms with Crippen LogP contribution in [0.3, 0.4) is 0 Å². The molecule has 1 aliphatic heterocycles. The van der Waals surface area contributed by atoms with E-state index in [0.29, 0.717) is 5.82 Å². The van der Waals surface area contributed by atoms with Gasteiger partial charge in [-0.3, -0.25) is 0 Å². The zero-order chi connectivity index (χ0) is 12.8. The number of anilines is 1. The number of carboxylic acid groups (broad SMARTS) is 1. The fourth-order valence-corrected chi connectivity index (χ4v) is 2.07. The summed E-state index contributed by atoms with van der Waals surface area (Å²) in [4.78, 5) is 13.1. The molecule has 0 unspecified atom stereocenters. The Balaban J connectivity index is 1.68. The first-order chi connectivity index (χ1) is 8.75. The highest BCUT2D eigenvalue weighted by atomic mass is 16.4. The Morgan fingerprint density at radius 3 is 2.72 bits per heavy atom. The molecule has 2 heterocycles. The number of hydrogen-bond acceptors (Lipinski definition) is 5. The van der Waals surface area contributed by atoms with Crippen LogP contribution in [0.2, 0.25) is 0 Å². The Morgan fingerprint density at radius 1 is 1.33 bits per heavy atom. The molecule has 6 nitrogen and oxygen atoms in total. The van der Waals surface area contributed by atoms with E-state index in [1.54, 1.807) is 6.07 Å². The predicted octanol–water partition coefficient (Wildman–Crippen LogP) is 1.07. The summed E-state index contributed by atoms with van der Waals surface area (Å²) in [6.45, 7) is 4.37. The van der Waals surface area contributed by atoms with Crippen LogP contribution < -0.4 is 5.32 Å². The zero-order valence-electron chi connectivity index (χ0n) is 10.3. The molecule has 0 aromatic carbocycles. The van der Waals surface area contributed by atoms with E-state index in [1.807, 2.05) is 0 Å². The second kappa shape index (κ2) is 6.30.